The summed E-state index contributed by atoms with van der Waals surface area (Å²) in [5, 5.41) is 5.73. The van der Waals surface area contributed by atoms with Crippen LogP contribution in [0.5, 0.6) is 5.75 Å². The molecule has 3 aromatic rings. The minimum Gasteiger partial charge on any atom is -0.494 e. The van der Waals surface area contributed by atoms with Crippen molar-refractivity contribution in [1.29, 1.82) is 0 Å². The Hall–Kier alpha value is -3.60. The van der Waals surface area contributed by atoms with Gasteiger partial charge in [0, 0.05) is 16.9 Å². The van der Waals surface area contributed by atoms with Crippen LogP contribution in [0.15, 0.2) is 78.9 Å². The highest BCUT2D eigenvalue weighted by Crippen LogP contribution is 2.18. The number of carbonyl (C=O) groups excluding carboxylic acids is 2. The average molecular weight is 402 g/mol. The van der Waals surface area contributed by atoms with E-state index >= 15 is 0 Å². The molecule has 0 saturated carbocycles. The zero-order valence-electron chi connectivity index (χ0n) is 17.1. The number of benzene rings is 3. The Labute approximate surface area is 177 Å². The Morgan fingerprint density at radius 2 is 1.53 bits per heavy atom. The van der Waals surface area contributed by atoms with Crippen molar-refractivity contribution in [2.75, 3.05) is 17.2 Å². The number of hydrogen-bond acceptors (Lipinski definition) is 3. The number of hydrogen-bond donors (Lipinski definition) is 2. The number of ether oxygens (including phenoxy) is 1. The van der Waals surface area contributed by atoms with Gasteiger partial charge >= 0.3 is 0 Å². The van der Waals surface area contributed by atoms with Crippen molar-refractivity contribution in [3.8, 4) is 5.75 Å². The Morgan fingerprint density at radius 3 is 2.23 bits per heavy atom. The summed E-state index contributed by atoms with van der Waals surface area (Å²) in [6, 6.07) is 23.7. The minimum absolute atomic E-state index is 0.108. The van der Waals surface area contributed by atoms with Crippen LogP contribution >= 0.6 is 0 Å². The summed E-state index contributed by atoms with van der Waals surface area (Å²) in [6.07, 6.45) is 2.37. The second-order valence-electron chi connectivity index (χ2n) is 6.97. The number of unbranched alkanes of at least 4 members (excludes halogenated alkanes) is 1. The van der Waals surface area contributed by atoms with Crippen molar-refractivity contribution < 1.29 is 14.3 Å². The molecule has 3 rings (SSSR count). The van der Waals surface area contributed by atoms with E-state index in [0.29, 0.717) is 30.0 Å². The van der Waals surface area contributed by atoms with E-state index in [1.54, 1.807) is 48.5 Å². The Morgan fingerprint density at radius 1 is 0.833 bits per heavy atom. The first kappa shape index (κ1) is 21.1. The molecule has 0 spiro atoms. The van der Waals surface area contributed by atoms with Gasteiger partial charge in [0.15, 0.2) is 0 Å². The van der Waals surface area contributed by atoms with Crippen LogP contribution in [0.4, 0.5) is 11.4 Å². The fourth-order valence-corrected chi connectivity index (χ4v) is 2.90. The monoisotopic (exact) mass is 402 g/mol. The Bertz CT molecular complexity index is 969. The van der Waals surface area contributed by atoms with Crippen LogP contribution in [-0.4, -0.2) is 18.4 Å². The molecule has 2 amide bonds. The molecule has 5 nitrogen and oxygen atoms in total. The number of anilines is 2. The lowest BCUT2D eigenvalue weighted by Gasteiger charge is -2.10. The van der Waals surface area contributed by atoms with Crippen LogP contribution in [0, 0.1) is 0 Å². The SMILES string of the molecule is CCCCOc1ccc(C(=O)Nc2cccc(NC(=O)Cc3ccccc3)c2)cc1. The maximum atomic E-state index is 12.5. The predicted octanol–water partition coefficient (Wildman–Crippen LogP) is 5.30. The summed E-state index contributed by atoms with van der Waals surface area (Å²) in [4.78, 5) is 24.8. The second kappa shape index (κ2) is 10.8. The summed E-state index contributed by atoms with van der Waals surface area (Å²) < 4.78 is 5.62. The van der Waals surface area contributed by atoms with Crippen LogP contribution < -0.4 is 15.4 Å². The molecule has 0 heterocycles. The van der Waals surface area contributed by atoms with Crippen molar-refractivity contribution in [1.82, 2.24) is 0 Å². The van der Waals surface area contributed by atoms with Gasteiger partial charge in [-0.25, -0.2) is 0 Å². The normalized spacial score (nSPS) is 10.3. The maximum absolute atomic E-state index is 12.5. The molecule has 0 atom stereocenters. The molecule has 154 valence electrons. The molecule has 0 aliphatic heterocycles. The maximum Gasteiger partial charge on any atom is 0.255 e. The standard InChI is InChI=1S/C25H26N2O3/c1-2-3-16-30-23-14-12-20(13-15-23)25(29)27-22-11-7-10-21(18-22)26-24(28)17-19-8-5-4-6-9-19/h4-15,18H,2-3,16-17H2,1H3,(H,26,28)(H,27,29). The number of amides is 2. The van der Waals surface area contributed by atoms with Crippen molar-refractivity contribution in [2.24, 2.45) is 0 Å². The molecule has 0 aliphatic rings. The lowest BCUT2D eigenvalue weighted by molar-refractivity contribution is -0.115. The lowest BCUT2D eigenvalue weighted by atomic mass is 10.1. The van der Waals surface area contributed by atoms with Crippen molar-refractivity contribution in [3.63, 3.8) is 0 Å². The van der Waals surface area contributed by atoms with Crippen LogP contribution in [0.1, 0.15) is 35.7 Å². The molecule has 30 heavy (non-hydrogen) atoms. The number of nitrogens with one attached hydrogen (secondary N) is 2. The second-order valence-corrected chi connectivity index (χ2v) is 6.97. The van der Waals surface area contributed by atoms with Gasteiger partial charge in [0.2, 0.25) is 5.91 Å². The van der Waals surface area contributed by atoms with Crippen LogP contribution in [0.3, 0.4) is 0 Å². The van der Waals surface area contributed by atoms with Gasteiger partial charge in [0.25, 0.3) is 5.91 Å². The van der Waals surface area contributed by atoms with Crippen molar-refractivity contribution in [3.05, 3.63) is 90.0 Å². The first-order valence-corrected chi connectivity index (χ1v) is 10.1. The molecule has 0 saturated heterocycles. The van der Waals surface area contributed by atoms with Gasteiger partial charge in [-0.3, -0.25) is 9.59 Å². The Kier molecular flexibility index (Phi) is 7.61. The number of rotatable bonds is 9. The molecular weight excluding hydrogens is 376 g/mol. The van der Waals surface area contributed by atoms with Crippen LogP contribution in [-0.2, 0) is 11.2 Å². The van der Waals surface area contributed by atoms with E-state index in [1.165, 1.54) is 0 Å². The summed E-state index contributed by atoms with van der Waals surface area (Å²) >= 11 is 0. The fourth-order valence-electron chi connectivity index (χ4n) is 2.90. The summed E-state index contributed by atoms with van der Waals surface area (Å²) in [6.45, 7) is 2.78. The van der Waals surface area contributed by atoms with Gasteiger partial charge in [-0.05, 0) is 54.4 Å². The highest BCUT2D eigenvalue weighted by atomic mass is 16.5. The van der Waals surface area contributed by atoms with E-state index in [2.05, 4.69) is 17.6 Å². The third-order valence-corrected chi connectivity index (χ3v) is 4.49. The molecule has 5 heteroatoms. The molecule has 0 fully saturated rings. The van der Waals surface area contributed by atoms with Crippen molar-refractivity contribution >= 4 is 23.2 Å². The topological polar surface area (TPSA) is 67.4 Å². The lowest BCUT2D eigenvalue weighted by Crippen LogP contribution is -2.15. The predicted molar refractivity (Wildman–Crippen MR) is 120 cm³/mol. The highest BCUT2D eigenvalue weighted by Gasteiger charge is 2.08. The average Bonchev–Trinajstić information content (AvgIpc) is 2.75. The van der Waals surface area contributed by atoms with E-state index in [-0.39, 0.29) is 11.8 Å². The summed E-state index contributed by atoms with van der Waals surface area (Å²) in [7, 11) is 0. The molecule has 0 unspecified atom stereocenters. The largest absolute Gasteiger partial charge is 0.494 e. The fraction of sp³-hybridized carbons (Fsp3) is 0.200. The minimum atomic E-state index is -0.220. The summed E-state index contributed by atoms with van der Waals surface area (Å²) in [5.74, 6) is 0.425. The quantitative estimate of drug-likeness (QED) is 0.477. The van der Waals surface area contributed by atoms with Gasteiger partial charge in [-0.15, -0.1) is 0 Å². The van der Waals surface area contributed by atoms with Crippen molar-refractivity contribution in [2.45, 2.75) is 26.2 Å². The van der Waals surface area contributed by atoms with Gasteiger partial charge < -0.3 is 15.4 Å². The van der Waals surface area contributed by atoms with E-state index < -0.39 is 0 Å². The summed E-state index contributed by atoms with van der Waals surface area (Å²) in [5.41, 5.74) is 2.73. The molecule has 0 aliphatic carbocycles. The van der Waals surface area contributed by atoms with Gasteiger partial charge in [-0.1, -0.05) is 49.7 Å². The third-order valence-electron chi connectivity index (χ3n) is 4.49. The molecule has 0 aromatic heterocycles. The van der Waals surface area contributed by atoms with Crippen LogP contribution in [0.25, 0.3) is 0 Å². The molecule has 0 radical (unpaired) electrons. The molecule has 2 N–H and O–H groups in total. The highest BCUT2D eigenvalue weighted by molar-refractivity contribution is 6.04. The van der Waals surface area contributed by atoms with E-state index in [4.69, 9.17) is 4.74 Å². The van der Waals surface area contributed by atoms with E-state index in [0.717, 1.165) is 24.2 Å². The smallest absolute Gasteiger partial charge is 0.255 e. The van der Waals surface area contributed by atoms with E-state index in [9.17, 15) is 9.59 Å². The molecule has 3 aromatic carbocycles. The zero-order chi connectivity index (χ0) is 21.2. The Balaban J connectivity index is 1.56. The van der Waals surface area contributed by atoms with Crippen LogP contribution in [0.2, 0.25) is 0 Å². The first-order chi connectivity index (χ1) is 14.6. The number of carbonyl (C=O) groups is 2. The zero-order valence-corrected chi connectivity index (χ0v) is 17.1. The van der Waals surface area contributed by atoms with E-state index in [1.807, 2.05) is 30.3 Å². The van der Waals surface area contributed by atoms with Gasteiger partial charge in [0.1, 0.15) is 5.75 Å². The van der Waals surface area contributed by atoms with Gasteiger partial charge in [-0.2, -0.15) is 0 Å². The molecule has 0 bridgehead atoms. The third kappa shape index (κ3) is 6.48. The van der Waals surface area contributed by atoms with Gasteiger partial charge in [0.05, 0.1) is 13.0 Å². The molecular formula is C25H26N2O3. The first-order valence-electron chi connectivity index (χ1n) is 10.1.